The van der Waals surface area contributed by atoms with Gasteiger partial charge in [0, 0.05) is 61.4 Å². The Hall–Kier alpha value is -2.58. The predicted octanol–water partition coefficient (Wildman–Crippen LogP) is 3.96. The summed E-state index contributed by atoms with van der Waals surface area (Å²) < 4.78 is 0. The Bertz CT molecular complexity index is 1070. The number of nitrogens with one attached hydrogen (secondary N) is 2. The average Bonchev–Trinajstić information content (AvgIpc) is 3.27. The molecule has 0 spiro atoms. The first-order valence-corrected chi connectivity index (χ1v) is 12.4. The molecular weight excluding hydrogens is 436 g/mol. The molecule has 1 saturated heterocycles. The Labute approximate surface area is 201 Å². The third kappa shape index (κ3) is 5.01. The van der Waals surface area contributed by atoms with E-state index in [1.165, 1.54) is 11.3 Å². The molecule has 0 bridgehead atoms. The van der Waals surface area contributed by atoms with E-state index >= 15 is 0 Å². The highest BCUT2D eigenvalue weighted by Crippen LogP contribution is 2.33. The second kappa shape index (κ2) is 10.6. The summed E-state index contributed by atoms with van der Waals surface area (Å²) >= 11 is 6.53. The fraction of sp³-hybridized carbons (Fsp3) is 0.542. The lowest BCUT2D eigenvalue weighted by Gasteiger charge is -2.38. The van der Waals surface area contributed by atoms with Gasteiger partial charge in [0.15, 0.2) is 5.65 Å². The zero-order chi connectivity index (χ0) is 23.4. The number of aromatic amines is 1. The van der Waals surface area contributed by atoms with Gasteiger partial charge in [-0.3, -0.25) is 5.10 Å². The third-order valence-corrected chi connectivity index (χ3v) is 6.88. The third-order valence-electron chi connectivity index (χ3n) is 6.66. The minimum Gasteiger partial charge on any atom is -0.383 e. The van der Waals surface area contributed by atoms with Crippen LogP contribution in [0.3, 0.4) is 0 Å². The fourth-order valence-electron chi connectivity index (χ4n) is 4.62. The molecule has 2 N–H and O–H groups in total. The molecule has 0 amide bonds. The minimum atomic E-state index is 0.741. The summed E-state index contributed by atoms with van der Waals surface area (Å²) in [5.41, 5.74) is 5.41. The lowest BCUT2D eigenvalue weighted by Crippen LogP contribution is -2.47. The Morgan fingerprint density at radius 1 is 1.06 bits per heavy atom. The van der Waals surface area contributed by atoms with Crippen molar-refractivity contribution in [2.45, 2.75) is 34.1 Å². The molecule has 4 rings (SSSR count). The molecule has 0 saturated carbocycles. The van der Waals surface area contributed by atoms with Gasteiger partial charge >= 0.3 is 0 Å². The predicted molar refractivity (Wildman–Crippen MR) is 138 cm³/mol. The molecule has 3 heterocycles. The number of piperazine rings is 1. The topological polar surface area (TPSA) is 76.2 Å². The van der Waals surface area contributed by atoms with Crippen LogP contribution in [-0.2, 0) is 6.42 Å². The van der Waals surface area contributed by atoms with E-state index in [1.54, 1.807) is 6.33 Å². The highest BCUT2D eigenvalue weighted by Gasteiger charge is 2.24. The van der Waals surface area contributed by atoms with Gasteiger partial charge in [0.2, 0.25) is 0 Å². The molecule has 178 valence electrons. The summed E-state index contributed by atoms with van der Waals surface area (Å²) in [7, 11) is 0. The first-order valence-electron chi connectivity index (χ1n) is 12.0. The van der Waals surface area contributed by atoms with Crippen molar-refractivity contribution < 1.29 is 0 Å². The van der Waals surface area contributed by atoms with Gasteiger partial charge in [-0.15, -0.1) is 0 Å². The number of rotatable bonds is 9. The molecule has 1 aliphatic rings. The molecule has 1 aromatic carbocycles. The van der Waals surface area contributed by atoms with E-state index in [1.807, 2.05) is 6.07 Å². The van der Waals surface area contributed by atoms with E-state index in [9.17, 15) is 0 Å². The van der Waals surface area contributed by atoms with Crippen LogP contribution in [0.15, 0.2) is 18.5 Å². The minimum absolute atomic E-state index is 0.741. The van der Waals surface area contributed by atoms with Crippen LogP contribution in [0.2, 0.25) is 5.02 Å². The largest absolute Gasteiger partial charge is 0.383 e. The van der Waals surface area contributed by atoms with E-state index in [2.05, 4.69) is 73.9 Å². The van der Waals surface area contributed by atoms with Crippen molar-refractivity contribution in [1.82, 2.24) is 25.1 Å². The molecule has 9 heteroatoms. The monoisotopic (exact) mass is 470 g/mol. The van der Waals surface area contributed by atoms with Crippen molar-refractivity contribution in [1.29, 1.82) is 0 Å². The second-order valence-electron chi connectivity index (χ2n) is 8.48. The lowest BCUT2D eigenvalue weighted by atomic mass is 10.1. The first-order chi connectivity index (χ1) is 16.0. The molecule has 3 aromatic rings. The molecule has 0 radical (unpaired) electrons. The number of nitrogens with zero attached hydrogens (tertiary/aromatic N) is 6. The van der Waals surface area contributed by atoms with Crippen molar-refractivity contribution in [3.8, 4) is 0 Å². The van der Waals surface area contributed by atoms with Gasteiger partial charge in [-0.05, 0) is 44.1 Å². The summed E-state index contributed by atoms with van der Waals surface area (Å²) in [6.07, 6.45) is 2.49. The smallest absolute Gasteiger partial charge is 0.186 e. The Balaban J connectivity index is 1.47. The number of halogens is 1. The standard InChI is InChI=1S/C24H35ClN8/c1-5-19-22-23(30-29-19)27-16-28-24(22)33-12-10-32(11-13-33)21-15-18(25)14-20(17(21)4)26-8-9-31(6-2)7-3/h14-16,26H,5-13H2,1-4H3,(H,27,28,29,30). The maximum atomic E-state index is 6.53. The number of benzene rings is 1. The van der Waals surface area contributed by atoms with Crippen molar-refractivity contribution >= 4 is 39.8 Å². The second-order valence-corrected chi connectivity index (χ2v) is 8.91. The van der Waals surface area contributed by atoms with Crippen LogP contribution < -0.4 is 15.1 Å². The molecule has 33 heavy (non-hydrogen) atoms. The van der Waals surface area contributed by atoms with Gasteiger partial charge in [-0.2, -0.15) is 5.10 Å². The van der Waals surface area contributed by atoms with E-state index in [4.69, 9.17) is 11.6 Å². The molecule has 1 aliphatic heterocycles. The number of hydrogen-bond donors (Lipinski definition) is 2. The van der Waals surface area contributed by atoms with Crippen molar-refractivity contribution in [3.05, 3.63) is 34.7 Å². The molecule has 0 unspecified atom stereocenters. The van der Waals surface area contributed by atoms with Crippen LogP contribution in [0.25, 0.3) is 11.0 Å². The van der Waals surface area contributed by atoms with Crippen LogP contribution in [0.4, 0.5) is 17.2 Å². The first kappa shape index (κ1) is 23.6. The van der Waals surface area contributed by atoms with Gasteiger partial charge in [0.1, 0.15) is 12.1 Å². The number of aromatic nitrogens is 4. The van der Waals surface area contributed by atoms with Gasteiger partial charge in [0.25, 0.3) is 0 Å². The molecule has 0 aliphatic carbocycles. The Morgan fingerprint density at radius 2 is 1.79 bits per heavy atom. The number of anilines is 3. The van der Waals surface area contributed by atoms with Gasteiger partial charge in [-0.1, -0.05) is 32.4 Å². The van der Waals surface area contributed by atoms with E-state index in [-0.39, 0.29) is 0 Å². The van der Waals surface area contributed by atoms with Crippen LogP contribution in [0, 0.1) is 6.92 Å². The van der Waals surface area contributed by atoms with Crippen LogP contribution in [-0.4, -0.2) is 77.4 Å². The summed E-state index contributed by atoms with van der Waals surface area (Å²) in [5.74, 6) is 0.979. The number of H-pyrrole nitrogens is 1. The van der Waals surface area contributed by atoms with Crippen LogP contribution in [0.5, 0.6) is 0 Å². The number of likely N-dealkylation sites (N-methyl/N-ethyl adjacent to an activating group) is 1. The lowest BCUT2D eigenvalue weighted by molar-refractivity contribution is 0.316. The van der Waals surface area contributed by atoms with Crippen molar-refractivity contribution in [2.75, 3.05) is 67.5 Å². The molecular formula is C24H35ClN8. The maximum Gasteiger partial charge on any atom is 0.186 e. The van der Waals surface area contributed by atoms with Crippen molar-refractivity contribution in [3.63, 3.8) is 0 Å². The number of aryl methyl sites for hydroxylation is 1. The molecule has 0 atom stereocenters. The van der Waals surface area contributed by atoms with Crippen LogP contribution in [0.1, 0.15) is 32.0 Å². The van der Waals surface area contributed by atoms with E-state index in [0.717, 1.165) is 92.0 Å². The van der Waals surface area contributed by atoms with E-state index in [0.29, 0.717) is 0 Å². The molecule has 8 nitrogen and oxygen atoms in total. The summed E-state index contributed by atoms with van der Waals surface area (Å²) in [6.45, 7) is 16.4. The Kier molecular flexibility index (Phi) is 7.55. The highest BCUT2D eigenvalue weighted by molar-refractivity contribution is 6.31. The number of fused-ring (bicyclic) bond motifs is 1. The number of hydrogen-bond acceptors (Lipinski definition) is 7. The summed E-state index contributed by atoms with van der Waals surface area (Å²) in [4.78, 5) is 16.1. The van der Waals surface area contributed by atoms with Gasteiger partial charge in [-0.25, -0.2) is 9.97 Å². The Morgan fingerprint density at radius 3 is 2.48 bits per heavy atom. The summed E-state index contributed by atoms with van der Waals surface area (Å²) in [5, 5.41) is 12.9. The maximum absolute atomic E-state index is 6.53. The van der Waals surface area contributed by atoms with Gasteiger partial charge < -0.3 is 20.0 Å². The molecule has 1 fully saturated rings. The SMILES string of the molecule is CCc1[nH]nc2ncnc(N3CCN(c4cc(Cl)cc(NCCN(CC)CC)c4C)CC3)c12. The normalized spacial score (nSPS) is 14.5. The zero-order valence-electron chi connectivity index (χ0n) is 20.2. The van der Waals surface area contributed by atoms with Crippen LogP contribution >= 0.6 is 11.6 Å². The van der Waals surface area contributed by atoms with E-state index < -0.39 is 0 Å². The fourth-order valence-corrected chi connectivity index (χ4v) is 4.83. The highest BCUT2D eigenvalue weighted by atomic mass is 35.5. The quantitative estimate of drug-likeness (QED) is 0.490. The molecule has 2 aromatic heterocycles. The summed E-state index contributed by atoms with van der Waals surface area (Å²) in [6, 6.07) is 4.14. The zero-order valence-corrected chi connectivity index (χ0v) is 20.9. The van der Waals surface area contributed by atoms with Gasteiger partial charge in [0.05, 0.1) is 5.39 Å². The van der Waals surface area contributed by atoms with Crippen molar-refractivity contribution in [2.24, 2.45) is 0 Å². The average molecular weight is 471 g/mol.